The molecule has 0 aliphatic heterocycles. The van der Waals surface area contributed by atoms with Crippen molar-refractivity contribution in [3.63, 3.8) is 0 Å². The van der Waals surface area contributed by atoms with E-state index < -0.39 is 9.84 Å². The van der Waals surface area contributed by atoms with Crippen LogP contribution in [0.15, 0.2) is 88.8 Å². The molecule has 0 saturated carbocycles. The van der Waals surface area contributed by atoms with Crippen LogP contribution in [-0.4, -0.2) is 29.4 Å². The van der Waals surface area contributed by atoms with Crippen molar-refractivity contribution >= 4 is 9.84 Å². The summed E-state index contributed by atoms with van der Waals surface area (Å²) in [4.78, 5) is 16.9. The molecule has 0 radical (unpaired) electrons. The highest BCUT2D eigenvalue weighted by Gasteiger charge is 2.15. The summed E-state index contributed by atoms with van der Waals surface area (Å²) in [6, 6.07) is 17.1. The van der Waals surface area contributed by atoms with E-state index in [0.717, 1.165) is 11.8 Å². The molecule has 0 aliphatic rings. The van der Waals surface area contributed by atoms with Crippen LogP contribution in [0.2, 0.25) is 0 Å². The first-order valence-corrected chi connectivity index (χ1v) is 11.3. The van der Waals surface area contributed by atoms with E-state index in [2.05, 4.69) is 10.1 Å². The Bertz CT molecular complexity index is 1380. The van der Waals surface area contributed by atoms with E-state index in [0.29, 0.717) is 22.4 Å². The highest BCUT2D eigenvalue weighted by atomic mass is 32.2. The molecule has 4 aromatic rings. The third kappa shape index (κ3) is 4.59. The summed E-state index contributed by atoms with van der Waals surface area (Å²) < 4.78 is 38.4. The van der Waals surface area contributed by atoms with Crippen molar-refractivity contribution < 1.29 is 12.8 Å². The summed E-state index contributed by atoms with van der Waals surface area (Å²) in [6.07, 6.45) is 4.41. The Balaban J connectivity index is 1.87. The number of benzene rings is 2. The molecular formula is C23H18FN3O3S. The molecule has 0 bridgehead atoms. The van der Waals surface area contributed by atoms with Gasteiger partial charge in [0.15, 0.2) is 9.84 Å². The molecule has 2 heterocycles. The summed E-state index contributed by atoms with van der Waals surface area (Å²) in [6.45, 7) is 0.249. The van der Waals surface area contributed by atoms with Gasteiger partial charge in [-0.15, -0.1) is 0 Å². The Hall–Kier alpha value is -3.65. The molecular weight excluding hydrogens is 417 g/mol. The van der Waals surface area contributed by atoms with Gasteiger partial charge in [0.05, 0.1) is 17.1 Å². The fourth-order valence-corrected chi connectivity index (χ4v) is 3.82. The average molecular weight is 435 g/mol. The van der Waals surface area contributed by atoms with E-state index in [9.17, 15) is 17.6 Å². The maximum atomic E-state index is 13.4. The van der Waals surface area contributed by atoms with Gasteiger partial charge in [-0.1, -0.05) is 24.3 Å². The zero-order chi connectivity index (χ0) is 22.0. The summed E-state index contributed by atoms with van der Waals surface area (Å²) in [5.41, 5.74) is 2.83. The third-order valence-corrected chi connectivity index (χ3v) is 5.92. The lowest BCUT2D eigenvalue weighted by Crippen LogP contribution is -2.24. The van der Waals surface area contributed by atoms with Crippen molar-refractivity contribution in [2.24, 2.45) is 0 Å². The second-order valence-electron chi connectivity index (χ2n) is 7.06. The standard InChI is InChI=1S/C23H18FN3O3S/c1-31(29,30)20-8-4-18(5-9-20)23-21(17-2-6-19(24)7-3-17)14-22(28)27(26-23)15-16-10-12-25-13-11-16/h2-14H,15H2,1H3. The number of rotatable bonds is 5. The van der Waals surface area contributed by atoms with Crippen LogP contribution < -0.4 is 5.56 Å². The van der Waals surface area contributed by atoms with Gasteiger partial charge in [0.1, 0.15) is 5.82 Å². The van der Waals surface area contributed by atoms with Crippen LogP contribution in [0.4, 0.5) is 4.39 Å². The summed E-state index contributed by atoms with van der Waals surface area (Å²) in [7, 11) is -3.35. The first-order chi connectivity index (χ1) is 14.8. The van der Waals surface area contributed by atoms with Crippen molar-refractivity contribution in [1.82, 2.24) is 14.8 Å². The molecule has 8 heteroatoms. The summed E-state index contributed by atoms with van der Waals surface area (Å²) >= 11 is 0. The second-order valence-corrected chi connectivity index (χ2v) is 9.08. The van der Waals surface area contributed by atoms with Gasteiger partial charge in [-0.05, 0) is 47.5 Å². The van der Waals surface area contributed by atoms with E-state index in [1.807, 2.05) is 0 Å². The molecule has 4 rings (SSSR count). The van der Waals surface area contributed by atoms with E-state index in [1.165, 1.54) is 35.0 Å². The quantitative estimate of drug-likeness (QED) is 0.479. The van der Waals surface area contributed by atoms with Gasteiger partial charge < -0.3 is 0 Å². The van der Waals surface area contributed by atoms with Gasteiger partial charge in [-0.3, -0.25) is 9.78 Å². The number of halogens is 1. The van der Waals surface area contributed by atoms with Crippen molar-refractivity contribution in [2.45, 2.75) is 11.4 Å². The molecule has 6 nitrogen and oxygen atoms in total. The minimum atomic E-state index is -3.35. The van der Waals surface area contributed by atoms with E-state index >= 15 is 0 Å². The maximum absolute atomic E-state index is 13.4. The Morgan fingerprint density at radius 2 is 1.52 bits per heavy atom. The predicted molar refractivity (Wildman–Crippen MR) is 116 cm³/mol. The molecule has 0 N–H and O–H groups in total. The topological polar surface area (TPSA) is 81.9 Å². The average Bonchev–Trinajstić information content (AvgIpc) is 2.76. The monoisotopic (exact) mass is 435 g/mol. The number of nitrogens with zero attached hydrogens (tertiary/aromatic N) is 3. The van der Waals surface area contributed by atoms with Gasteiger partial charge >= 0.3 is 0 Å². The van der Waals surface area contributed by atoms with Crippen LogP contribution >= 0.6 is 0 Å². The zero-order valence-corrected chi connectivity index (χ0v) is 17.4. The molecule has 0 unspecified atom stereocenters. The van der Waals surface area contributed by atoms with Gasteiger partial charge in [-0.2, -0.15) is 5.10 Å². The first kappa shape index (κ1) is 20.6. The maximum Gasteiger partial charge on any atom is 0.267 e. The summed E-state index contributed by atoms with van der Waals surface area (Å²) in [5.74, 6) is -0.387. The van der Waals surface area contributed by atoms with Crippen molar-refractivity contribution in [3.8, 4) is 22.4 Å². The minimum Gasteiger partial charge on any atom is -0.268 e. The molecule has 0 aliphatic carbocycles. The van der Waals surface area contributed by atoms with Crippen LogP contribution in [0.5, 0.6) is 0 Å². The van der Waals surface area contributed by atoms with Crippen molar-refractivity contribution in [3.05, 3.63) is 101 Å². The van der Waals surface area contributed by atoms with Gasteiger partial charge in [-0.25, -0.2) is 17.5 Å². The number of hydrogen-bond donors (Lipinski definition) is 0. The van der Waals surface area contributed by atoms with Crippen LogP contribution in [0.25, 0.3) is 22.4 Å². The molecule has 0 fully saturated rings. The Morgan fingerprint density at radius 1 is 0.903 bits per heavy atom. The van der Waals surface area contributed by atoms with Crippen LogP contribution in [-0.2, 0) is 16.4 Å². The normalized spacial score (nSPS) is 11.4. The number of sulfone groups is 1. The fourth-order valence-electron chi connectivity index (χ4n) is 3.19. The molecule has 2 aromatic heterocycles. The van der Waals surface area contributed by atoms with Crippen LogP contribution in [0.1, 0.15) is 5.56 Å². The van der Waals surface area contributed by atoms with E-state index in [1.54, 1.807) is 48.8 Å². The summed E-state index contributed by atoms with van der Waals surface area (Å²) in [5, 5.41) is 4.57. The minimum absolute atomic E-state index is 0.185. The Kier molecular flexibility index (Phi) is 5.48. The molecule has 156 valence electrons. The first-order valence-electron chi connectivity index (χ1n) is 9.39. The van der Waals surface area contributed by atoms with Crippen molar-refractivity contribution in [1.29, 1.82) is 0 Å². The number of hydrogen-bond acceptors (Lipinski definition) is 5. The highest BCUT2D eigenvalue weighted by Crippen LogP contribution is 2.30. The van der Waals surface area contributed by atoms with Gasteiger partial charge in [0, 0.05) is 35.8 Å². The zero-order valence-electron chi connectivity index (χ0n) is 16.6. The number of pyridine rings is 1. The molecule has 0 saturated heterocycles. The van der Waals surface area contributed by atoms with Crippen LogP contribution in [0, 0.1) is 5.82 Å². The van der Waals surface area contributed by atoms with Gasteiger partial charge in [0.25, 0.3) is 5.56 Å². The van der Waals surface area contributed by atoms with E-state index in [-0.39, 0.29) is 22.8 Å². The Morgan fingerprint density at radius 3 is 2.13 bits per heavy atom. The predicted octanol–water partition coefficient (Wildman–Crippen LogP) is 3.56. The van der Waals surface area contributed by atoms with E-state index in [4.69, 9.17) is 0 Å². The van der Waals surface area contributed by atoms with Crippen LogP contribution in [0.3, 0.4) is 0 Å². The number of aromatic nitrogens is 3. The Labute approximate surface area is 178 Å². The highest BCUT2D eigenvalue weighted by molar-refractivity contribution is 7.90. The fraction of sp³-hybridized carbons (Fsp3) is 0.0870. The lowest BCUT2D eigenvalue weighted by molar-refractivity contribution is 0.602. The molecule has 0 atom stereocenters. The lowest BCUT2D eigenvalue weighted by Gasteiger charge is -2.13. The molecule has 0 spiro atoms. The lowest BCUT2D eigenvalue weighted by atomic mass is 10.00. The van der Waals surface area contributed by atoms with Gasteiger partial charge in [0.2, 0.25) is 0 Å². The van der Waals surface area contributed by atoms with Crippen molar-refractivity contribution in [2.75, 3.05) is 6.26 Å². The molecule has 2 aromatic carbocycles. The third-order valence-electron chi connectivity index (χ3n) is 4.79. The molecule has 31 heavy (non-hydrogen) atoms. The largest absolute Gasteiger partial charge is 0.268 e. The SMILES string of the molecule is CS(=O)(=O)c1ccc(-c2nn(Cc3ccncc3)c(=O)cc2-c2ccc(F)cc2)cc1. The molecule has 0 amide bonds. The smallest absolute Gasteiger partial charge is 0.267 e. The second kappa shape index (κ2) is 8.23.